The van der Waals surface area contributed by atoms with E-state index >= 15 is 0 Å². The van der Waals surface area contributed by atoms with Crippen molar-refractivity contribution in [1.29, 1.82) is 0 Å². The summed E-state index contributed by atoms with van der Waals surface area (Å²) in [7, 11) is 0. The smallest absolute Gasteiger partial charge is 0.0558 e. The molecule has 0 spiro atoms. The van der Waals surface area contributed by atoms with Crippen molar-refractivity contribution in [2.24, 2.45) is 11.3 Å². The lowest BCUT2D eigenvalue weighted by Crippen LogP contribution is -2.48. The number of rotatable bonds is 8. The molecule has 3 nitrogen and oxygen atoms in total. The van der Waals surface area contributed by atoms with E-state index in [2.05, 4.69) is 37.9 Å². The Labute approximate surface area is 119 Å². The fourth-order valence-electron chi connectivity index (χ4n) is 3.51. The molecule has 1 aliphatic carbocycles. The highest BCUT2D eigenvalue weighted by atomic mass is 16.3. The number of hydrogen-bond acceptors (Lipinski definition) is 3. The maximum atomic E-state index is 9.19. The third kappa shape index (κ3) is 5.80. The molecule has 1 saturated carbocycles. The Balaban J connectivity index is 2.66. The summed E-state index contributed by atoms with van der Waals surface area (Å²) in [5, 5.41) is 12.9. The van der Waals surface area contributed by atoms with Crippen molar-refractivity contribution in [3.05, 3.63) is 0 Å². The predicted molar refractivity (Wildman–Crippen MR) is 82.4 cm³/mol. The third-order valence-corrected chi connectivity index (χ3v) is 4.49. The minimum atomic E-state index is 0.275. The zero-order valence-electron chi connectivity index (χ0n) is 13.4. The number of nitrogens with one attached hydrogen (secondary N) is 1. The predicted octanol–water partition coefficient (Wildman–Crippen LogP) is 2.50. The number of nitrogens with zero attached hydrogens (tertiary/aromatic N) is 1. The van der Waals surface area contributed by atoms with Gasteiger partial charge in [0.1, 0.15) is 0 Å². The maximum Gasteiger partial charge on any atom is 0.0558 e. The first kappa shape index (κ1) is 16.9. The number of likely N-dealkylation sites (N-methyl/N-ethyl adjacent to an activating group) is 1. The second kappa shape index (κ2) is 8.23. The highest BCUT2D eigenvalue weighted by Gasteiger charge is 2.36. The minimum Gasteiger partial charge on any atom is -0.395 e. The minimum absolute atomic E-state index is 0.275. The third-order valence-electron chi connectivity index (χ3n) is 4.49. The Morgan fingerprint density at radius 1 is 1.42 bits per heavy atom. The van der Waals surface area contributed by atoms with Gasteiger partial charge in [-0.15, -0.1) is 0 Å². The first-order valence-electron chi connectivity index (χ1n) is 8.08. The van der Waals surface area contributed by atoms with E-state index in [-0.39, 0.29) is 6.61 Å². The molecule has 0 bridgehead atoms. The second-order valence-corrected chi connectivity index (χ2v) is 6.83. The molecule has 0 saturated heterocycles. The molecule has 1 fully saturated rings. The first-order chi connectivity index (χ1) is 9.01. The van der Waals surface area contributed by atoms with E-state index in [0.717, 1.165) is 32.1 Å². The lowest BCUT2D eigenvalue weighted by atomic mass is 9.69. The van der Waals surface area contributed by atoms with Crippen molar-refractivity contribution in [3.63, 3.8) is 0 Å². The van der Waals surface area contributed by atoms with Gasteiger partial charge in [-0.05, 0) is 30.7 Å². The van der Waals surface area contributed by atoms with E-state index in [0.29, 0.717) is 11.5 Å². The molecule has 1 aliphatic rings. The van der Waals surface area contributed by atoms with Crippen molar-refractivity contribution in [1.82, 2.24) is 10.2 Å². The van der Waals surface area contributed by atoms with Gasteiger partial charge in [0.05, 0.1) is 6.61 Å². The van der Waals surface area contributed by atoms with Gasteiger partial charge in [0.2, 0.25) is 0 Å². The average molecular weight is 270 g/mol. The molecule has 0 aromatic carbocycles. The Morgan fingerprint density at radius 2 is 2.16 bits per heavy atom. The monoisotopic (exact) mass is 270 g/mol. The topological polar surface area (TPSA) is 35.5 Å². The molecule has 0 aromatic rings. The van der Waals surface area contributed by atoms with Gasteiger partial charge in [0.25, 0.3) is 0 Å². The zero-order valence-corrected chi connectivity index (χ0v) is 13.4. The van der Waals surface area contributed by atoms with E-state index in [1.165, 1.54) is 25.7 Å². The van der Waals surface area contributed by atoms with Crippen LogP contribution in [-0.2, 0) is 0 Å². The molecular weight excluding hydrogens is 236 g/mol. The van der Waals surface area contributed by atoms with Crippen LogP contribution in [0.3, 0.4) is 0 Å². The number of hydrogen-bond donors (Lipinski definition) is 2. The molecular formula is C16H34N2O. The maximum absolute atomic E-state index is 9.19. The van der Waals surface area contributed by atoms with Crippen LogP contribution in [0.2, 0.25) is 0 Å². The quantitative estimate of drug-likeness (QED) is 0.711. The summed E-state index contributed by atoms with van der Waals surface area (Å²) in [6.07, 6.45) is 5.40. The van der Waals surface area contributed by atoms with Crippen molar-refractivity contribution >= 4 is 0 Å². The highest BCUT2D eigenvalue weighted by Crippen LogP contribution is 2.39. The van der Waals surface area contributed by atoms with Crippen LogP contribution in [0.15, 0.2) is 0 Å². The Kier molecular flexibility index (Phi) is 7.33. The largest absolute Gasteiger partial charge is 0.395 e. The Morgan fingerprint density at radius 3 is 2.68 bits per heavy atom. The standard InChI is InChI=1S/C16H34N2O/c1-5-18(9-10-19)13-16(12-17-14(2)3)8-6-7-15(4)11-16/h14-15,17,19H,5-13H2,1-4H3. The van der Waals surface area contributed by atoms with Gasteiger partial charge in [-0.3, -0.25) is 0 Å². The molecule has 3 heteroatoms. The van der Waals surface area contributed by atoms with Gasteiger partial charge in [0, 0.05) is 25.7 Å². The molecule has 0 radical (unpaired) electrons. The van der Waals surface area contributed by atoms with Gasteiger partial charge in [-0.2, -0.15) is 0 Å². The molecule has 19 heavy (non-hydrogen) atoms. The average Bonchev–Trinajstić information content (AvgIpc) is 2.36. The normalized spacial score (nSPS) is 28.3. The Hall–Kier alpha value is -0.120. The van der Waals surface area contributed by atoms with Crippen LogP contribution >= 0.6 is 0 Å². The van der Waals surface area contributed by atoms with Crippen molar-refractivity contribution in [3.8, 4) is 0 Å². The summed E-state index contributed by atoms with van der Waals surface area (Å²) in [6.45, 7) is 13.4. The van der Waals surface area contributed by atoms with Crippen LogP contribution in [0, 0.1) is 11.3 Å². The summed E-state index contributed by atoms with van der Waals surface area (Å²) >= 11 is 0. The van der Waals surface area contributed by atoms with Crippen molar-refractivity contribution in [2.45, 2.75) is 59.4 Å². The Bertz CT molecular complexity index is 245. The van der Waals surface area contributed by atoms with Crippen LogP contribution in [-0.4, -0.2) is 48.8 Å². The van der Waals surface area contributed by atoms with Crippen molar-refractivity contribution in [2.75, 3.05) is 32.8 Å². The van der Waals surface area contributed by atoms with Gasteiger partial charge in [0.15, 0.2) is 0 Å². The lowest BCUT2D eigenvalue weighted by Gasteiger charge is -2.44. The van der Waals surface area contributed by atoms with Crippen LogP contribution in [0.4, 0.5) is 0 Å². The lowest BCUT2D eigenvalue weighted by molar-refractivity contribution is 0.0714. The van der Waals surface area contributed by atoms with Crippen LogP contribution < -0.4 is 5.32 Å². The zero-order chi connectivity index (χ0) is 14.3. The van der Waals surface area contributed by atoms with Crippen LogP contribution in [0.25, 0.3) is 0 Å². The summed E-state index contributed by atoms with van der Waals surface area (Å²) < 4.78 is 0. The van der Waals surface area contributed by atoms with E-state index in [9.17, 15) is 5.11 Å². The van der Waals surface area contributed by atoms with Gasteiger partial charge >= 0.3 is 0 Å². The second-order valence-electron chi connectivity index (χ2n) is 6.83. The summed E-state index contributed by atoms with van der Waals surface area (Å²) in [6, 6.07) is 0.557. The van der Waals surface area contributed by atoms with E-state index in [1.807, 2.05) is 0 Å². The fraction of sp³-hybridized carbons (Fsp3) is 1.00. The fourth-order valence-corrected chi connectivity index (χ4v) is 3.51. The van der Waals surface area contributed by atoms with E-state index in [4.69, 9.17) is 0 Å². The van der Waals surface area contributed by atoms with Crippen LogP contribution in [0.5, 0.6) is 0 Å². The molecule has 114 valence electrons. The van der Waals surface area contributed by atoms with Gasteiger partial charge in [-0.1, -0.05) is 40.5 Å². The molecule has 2 atom stereocenters. The first-order valence-corrected chi connectivity index (χ1v) is 8.08. The van der Waals surface area contributed by atoms with Crippen molar-refractivity contribution < 1.29 is 5.11 Å². The summed E-state index contributed by atoms with van der Waals surface area (Å²) in [5.74, 6) is 0.843. The number of aliphatic hydroxyl groups excluding tert-OH is 1. The summed E-state index contributed by atoms with van der Waals surface area (Å²) in [5.41, 5.74) is 0.410. The van der Waals surface area contributed by atoms with E-state index in [1.54, 1.807) is 0 Å². The molecule has 0 aliphatic heterocycles. The molecule has 2 N–H and O–H groups in total. The van der Waals surface area contributed by atoms with Gasteiger partial charge < -0.3 is 15.3 Å². The number of aliphatic hydroxyl groups is 1. The summed E-state index contributed by atoms with van der Waals surface area (Å²) in [4.78, 5) is 2.42. The molecule has 2 unspecified atom stereocenters. The SMILES string of the molecule is CCN(CCO)CC1(CNC(C)C)CCCC(C)C1. The molecule has 0 aromatic heterocycles. The highest BCUT2D eigenvalue weighted by molar-refractivity contribution is 4.90. The van der Waals surface area contributed by atoms with Gasteiger partial charge in [-0.25, -0.2) is 0 Å². The van der Waals surface area contributed by atoms with E-state index < -0.39 is 0 Å². The molecule has 0 amide bonds. The molecule has 0 heterocycles. The van der Waals surface area contributed by atoms with Crippen LogP contribution in [0.1, 0.15) is 53.4 Å². The molecule has 1 rings (SSSR count).